The minimum absolute atomic E-state index is 0.197. The first-order valence-corrected chi connectivity index (χ1v) is 9.77. The molecule has 0 atom stereocenters. The number of ether oxygens (including phenoxy) is 1. The molecule has 7 nitrogen and oxygen atoms in total. The van der Waals surface area contributed by atoms with Gasteiger partial charge in [-0.25, -0.2) is 5.43 Å². The van der Waals surface area contributed by atoms with Crippen LogP contribution < -0.4 is 10.2 Å². The molecule has 8 heteroatoms. The Hall–Kier alpha value is -3.13. The van der Waals surface area contributed by atoms with E-state index in [9.17, 15) is 4.79 Å². The van der Waals surface area contributed by atoms with Gasteiger partial charge >= 0.3 is 0 Å². The maximum Gasteiger partial charge on any atom is 0.250 e. The third-order valence-corrected chi connectivity index (χ3v) is 4.86. The van der Waals surface area contributed by atoms with Crippen LogP contribution in [0.2, 0.25) is 0 Å². The van der Waals surface area contributed by atoms with Gasteiger partial charge in [0.05, 0.1) is 19.1 Å². The number of nitrogens with zero attached hydrogens (tertiary/aromatic N) is 4. The minimum atomic E-state index is -0.212. The molecule has 0 fully saturated rings. The number of thioether (sulfide) groups is 1. The van der Waals surface area contributed by atoms with E-state index in [-0.39, 0.29) is 11.7 Å². The first kappa shape index (κ1) is 19.6. The Morgan fingerprint density at radius 3 is 2.79 bits per heavy atom. The van der Waals surface area contributed by atoms with E-state index in [1.807, 2.05) is 66.1 Å². The number of nitrogens with one attached hydrogen (secondary N) is 1. The fraction of sp³-hybridized carbons (Fsp3) is 0.200. The molecule has 3 aromatic rings. The molecular weight excluding hydrogens is 374 g/mol. The number of aromatic nitrogens is 3. The van der Waals surface area contributed by atoms with Crippen LogP contribution in [0.5, 0.6) is 5.75 Å². The molecule has 0 saturated heterocycles. The summed E-state index contributed by atoms with van der Waals surface area (Å²) in [6.07, 6.45) is 1.58. The number of rotatable bonds is 8. The van der Waals surface area contributed by atoms with E-state index in [1.54, 1.807) is 13.3 Å². The molecule has 0 aliphatic heterocycles. The summed E-state index contributed by atoms with van der Waals surface area (Å²) in [5.41, 5.74) is 4.36. The number of hydrogen-bond donors (Lipinski definition) is 1. The number of carbonyl (C=O) groups is 1. The van der Waals surface area contributed by atoms with Gasteiger partial charge in [-0.2, -0.15) is 5.10 Å². The predicted molar refractivity (Wildman–Crippen MR) is 111 cm³/mol. The lowest BCUT2D eigenvalue weighted by molar-refractivity contribution is -0.118. The van der Waals surface area contributed by atoms with Gasteiger partial charge in [-0.3, -0.25) is 4.79 Å². The van der Waals surface area contributed by atoms with Crippen LogP contribution in [0.1, 0.15) is 12.5 Å². The van der Waals surface area contributed by atoms with Crippen molar-refractivity contribution in [3.05, 3.63) is 60.2 Å². The van der Waals surface area contributed by atoms with E-state index in [0.717, 1.165) is 29.2 Å². The van der Waals surface area contributed by atoms with Crippen molar-refractivity contribution >= 4 is 23.9 Å². The van der Waals surface area contributed by atoms with Crippen molar-refractivity contribution in [1.82, 2.24) is 20.2 Å². The summed E-state index contributed by atoms with van der Waals surface area (Å²) in [5, 5.41) is 13.2. The largest absolute Gasteiger partial charge is 0.497 e. The van der Waals surface area contributed by atoms with Crippen LogP contribution in [0.25, 0.3) is 11.4 Å². The standard InChI is InChI=1S/C20H21N5O2S/c1-3-25-19(16-9-5-4-6-10-16)23-24-20(25)28-14-18(26)22-21-13-15-8-7-11-17(12-15)27-2/h4-13H,3,14H2,1-2H3,(H,22,26)/b21-13-. The van der Waals surface area contributed by atoms with Crippen LogP contribution in [0.15, 0.2) is 64.9 Å². The van der Waals surface area contributed by atoms with Gasteiger partial charge in [-0.05, 0) is 24.6 Å². The molecule has 0 spiro atoms. The Bertz CT molecular complexity index is 956. The van der Waals surface area contributed by atoms with E-state index in [1.165, 1.54) is 11.8 Å². The van der Waals surface area contributed by atoms with Gasteiger partial charge < -0.3 is 9.30 Å². The SMILES string of the molecule is CCn1c(SCC(=O)N/N=C\c2cccc(OC)c2)nnc1-c1ccccc1. The topological polar surface area (TPSA) is 81.4 Å². The van der Waals surface area contributed by atoms with Gasteiger partial charge in [0, 0.05) is 12.1 Å². The normalized spacial score (nSPS) is 10.9. The second kappa shape index (κ2) is 9.70. The first-order chi connectivity index (χ1) is 13.7. The Morgan fingerprint density at radius 2 is 2.04 bits per heavy atom. The summed E-state index contributed by atoms with van der Waals surface area (Å²) in [5.74, 6) is 1.51. The van der Waals surface area contributed by atoms with Crippen LogP contribution in [0.3, 0.4) is 0 Å². The van der Waals surface area contributed by atoms with Crippen molar-refractivity contribution in [3.63, 3.8) is 0 Å². The highest BCUT2D eigenvalue weighted by Gasteiger charge is 2.14. The molecule has 28 heavy (non-hydrogen) atoms. The van der Waals surface area contributed by atoms with E-state index in [2.05, 4.69) is 20.7 Å². The van der Waals surface area contributed by atoms with Crippen molar-refractivity contribution in [1.29, 1.82) is 0 Å². The summed E-state index contributed by atoms with van der Waals surface area (Å²) in [6, 6.07) is 17.3. The van der Waals surface area contributed by atoms with Crippen molar-refractivity contribution in [2.45, 2.75) is 18.6 Å². The number of carbonyl (C=O) groups excluding carboxylic acids is 1. The molecule has 2 aromatic carbocycles. The van der Waals surface area contributed by atoms with E-state index < -0.39 is 0 Å². The van der Waals surface area contributed by atoms with Crippen molar-refractivity contribution < 1.29 is 9.53 Å². The Kier molecular flexibility index (Phi) is 6.80. The predicted octanol–water partition coefficient (Wildman–Crippen LogP) is 3.22. The van der Waals surface area contributed by atoms with E-state index >= 15 is 0 Å². The fourth-order valence-corrected chi connectivity index (χ4v) is 3.34. The summed E-state index contributed by atoms with van der Waals surface area (Å²) < 4.78 is 7.15. The maximum atomic E-state index is 12.1. The zero-order chi connectivity index (χ0) is 19.8. The second-order valence-corrected chi connectivity index (χ2v) is 6.72. The van der Waals surface area contributed by atoms with Gasteiger partial charge in [0.15, 0.2) is 11.0 Å². The third kappa shape index (κ3) is 4.98. The third-order valence-electron chi connectivity index (χ3n) is 3.89. The van der Waals surface area contributed by atoms with Gasteiger partial charge in [0.2, 0.25) is 0 Å². The number of hydrogen-bond acceptors (Lipinski definition) is 6. The maximum absolute atomic E-state index is 12.1. The van der Waals surface area contributed by atoms with Crippen LogP contribution >= 0.6 is 11.8 Å². The molecule has 0 bridgehead atoms. The molecule has 1 amide bonds. The molecule has 1 heterocycles. The quantitative estimate of drug-likeness (QED) is 0.360. The molecule has 0 unspecified atom stereocenters. The first-order valence-electron chi connectivity index (χ1n) is 8.78. The summed E-state index contributed by atoms with van der Waals surface area (Å²) >= 11 is 1.33. The lowest BCUT2D eigenvalue weighted by Crippen LogP contribution is -2.20. The number of amides is 1. The lowest BCUT2D eigenvalue weighted by atomic mass is 10.2. The summed E-state index contributed by atoms with van der Waals surface area (Å²) in [6.45, 7) is 2.74. The van der Waals surface area contributed by atoms with Crippen molar-refractivity contribution in [2.24, 2.45) is 5.10 Å². The highest BCUT2D eigenvalue weighted by Crippen LogP contribution is 2.23. The fourth-order valence-electron chi connectivity index (χ4n) is 2.54. The highest BCUT2D eigenvalue weighted by molar-refractivity contribution is 7.99. The second-order valence-electron chi connectivity index (χ2n) is 5.77. The average molecular weight is 395 g/mol. The lowest BCUT2D eigenvalue weighted by Gasteiger charge is -2.06. The zero-order valence-corrected chi connectivity index (χ0v) is 16.5. The molecule has 3 rings (SSSR count). The monoisotopic (exact) mass is 395 g/mol. The number of benzene rings is 2. The molecular formula is C20H21N5O2S. The van der Waals surface area contributed by atoms with Gasteiger partial charge in [-0.15, -0.1) is 10.2 Å². The van der Waals surface area contributed by atoms with E-state index in [4.69, 9.17) is 4.74 Å². The summed E-state index contributed by atoms with van der Waals surface area (Å²) in [4.78, 5) is 12.1. The molecule has 0 radical (unpaired) electrons. The Balaban J connectivity index is 1.57. The summed E-state index contributed by atoms with van der Waals surface area (Å²) in [7, 11) is 1.60. The van der Waals surface area contributed by atoms with Crippen molar-refractivity contribution in [2.75, 3.05) is 12.9 Å². The van der Waals surface area contributed by atoms with Gasteiger partial charge in [0.1, 0.15) is 5.75 Å². The highest BCUT2D eigenvalue weighted by atomic mass is 32.2. The van der Waals surface area contributed by atoms with Crippen LogP contribution in [-0.4, -0.2) is 39.7 Å². The number of methoxy groups -OCH3 is 1. The average Bonchev–Trinajstić information content (AvgIpc) is 3.16. The number of hydrazone groups is 1. The van der Waals surface area contributed by atoms with Gasteiger partial charge in [-0.1, -0.05) is 54.2 Å². The van der Waals surface area contributed by atoms with Gasteiger partial charge in [0.25, 0.3) is 5.91 Å². The van der Waals surface area contributed by atoms with Crippen LogP contribution in [0, 0.1) is 0 Å². The Morgan fingerprint density at radius 1 is 1.21 bits per heavy atom. The molecule has 1 N–H and O–H groups in total. The van der Waals surface area contributed by atoms with Crippen LogP contribution in [0.4, 0.5) is 0 Å². The molecule has 144 valence electrons. The Labute approximate surface area is 167 Å². The zero-order valence-electron chi connectivity index (χ0n) is 15.7. The smallest absolute Gasteiger partial charge is 0.250 e. The molecule has 0 aliphatic rings. The molecule has 0 aliphatic carbocycles. The minimum Gasteiger partial charge on any atom is -0.497 e. The van der Waals surface area contributed by atoms with Crippen LogP contribution in [-0.2, 0) is 11.3 Å². The molecule has 1 aromatic heterocycles. The molecule has 0 saturated carbocycles. The van der Waals surface area contributed by atoms with Crippen molar-refractivity contribution in [3.8, 4) is 17.1 Å². The van der Waals surface area contributed by atoms with E-state index in [0.29, 0.717) is 5.16 Å².